The maximum Gasteiger partial charge on any atom is 0.187 e. The van der Waals surface area contributed by atoms with E-state index in [2.05, 4.69) is 10.3 Å². The molecule has 0 unspecified atom stereocenters. The van der Waals surface area contributed by atoms with E-state index in [9.17, 15) is 0 Å². The average molecular weight is 274 g/mol. The van der Waals surface area contributed by atoms with Gasteiger partial charge in [-0.3, -0.25) is 0 Å². The summed E-state index contributed by atoms with van der Waals surface area (Å²) in [4.78, 5) is 4.39. The molecule has 1 aliphatic rings. The molecule has 0 atom stereocenters. The number of rotatable bonds is 4. The van der Waals surface area contributed by atoms with Crippen LogP contribution in [0.5, 0.6) is 5.75 Å². The van der Waals surface area contributed by atoms with Crippen LogP contribution in [-0.4, -0.2) is 11.1 Å². The zero-order chi connectivity index (χ0) is 13.1. The van der Waals surface area contributed by atoms with E-state index in [1.807, 2.05) is 36.6 Å². The smallest absolute Gasteiger partial charge is 0.187 e. The second kappa shape index (κ2) is 5.61. The van der Waals surface area contributed by atoms with Crippen LogP contribution in [-0.2, 0) is 0 Å². The van der Waals surface area contributed by atoms with Crippen LogP contribution in [0.4, 0.5) is 10.8 Å². The molecule has 3 nitrogen and oxygen atoms in total. The Bertz CT molecular complexity index is 529. The summed E-state index contributed by atoms with van der Waals surface area (Å²) in [6.45, 7) is 2.00. The summed E-state index contributed by atoms with van der Waals surface area (Å²) in [5.41, 5.74) is 2.10. The van der Waals surface area contributed by atoms with Gasteiger partial charge in [-0.1, -0.05) is 0 Å². The number of ether oxygens (including phenoxy) is 1. The quantitative estimate of drug-likeness (QED) is 0.890. The molecule has 3 rings (SSSR count). The van der Waals surface area contributed by atoms with Gasteiger partial charge in [0.25, 0.3) is 0 Å². The van der Waals surface area contributed by atoms with Gasteiger partial charge in [0.1, 0.15) is 5.75 Å². The molecule has 0 aliphatic heterocycles. The van der Waals surface area contributed by atoms with Crippen LogP contribution in [0.15, 0.2) is 29.6 Å². The normalized spacial score (nSPS) is 15.6. The highest BCUT2D eigenvalue weighted by molar-refractivity contribution is 7.13. The van der Waals surface area contributed by atoms with Crippen molar-refractivity contribution in [2.45, 2.75) is 38.7 Å². The van der Waals surface area contributed by atoms with Crippen molar-refractivity contribution < 1.29 is 4.74 Å². The first-order valence-electron chi connectivity index (χ1n) is 6.75. The Morgan fingerprint density at radius 1 is 1.21 bits per heavy atom. The van der Waals surface area contributed by atoms with Crippen molar-refractivity contribution in [2.75, 3.05) is 5.32 Å². The van der Waals surface area contributed by atoms with Crippen molar-refractivity contribution in [1.29, 1.82) is 0 Å². The minimum atomic E-state index is 0.417. The van der Waals surface area contributed by atoms with Gasteiger partial charge in [-0.15, -0.1) is 11.3 Å². The van der Waals surface area contributed by atoms with Crippen LogP contribution < -0.4 is 10.1 Å². The molecule has 1 fully saturated rings. The lowest BCUT2D eigenvalue weighted by Crippen LogP contribution is -2.10. The Morgan fingerprint density at radius 3 is 2.58 bits per heavy atom. The highest BCUT2D eigenvalue weighted by Crippen LogP contribution is 2.26. The molecule has 0 bridgehead atoms. The first-order valence-corrected chi connectivity index (χ1v) is 7.63. The summed E-state index contributed by atoms with van der Waals surface area (Å²) < 4.78 is 5.94. The zero-order valence-electron chi connectivity index (χ0n) is 11.1. The molecule has 1 aromatic carbocycles. The van der Waals surface area contributed by atoms with Crippen LogP contribution in [0, 0.1) is 6.92 Å². The third-order valence-corrected chi connectivity index (χ3v) is 4.21. The molecule has 1 aromatic heterocycles. The Balaban J connectivity index is 1.61. The van der Waals surface area contributed by atoms with Crippen molar-refractivity contribution >= 4 is 22.2 Å². The van der Waals surface area contributed by atoms with Crippen LogP contribution in [0.3, 0.4) is 0 Å². The largest absolute Gasteiger partial charge is 0.490 e. The fourth-order valence-corrected chi connectivity index (χ4v) is 3.06. The first-order chi connectivity index (χ1) is 9.29. The average Bonchev–Trinajstić information content (AvgIpc) is 3.04. The number of nitrogens with one attached hydrogen (secondary N) is 1. The number of anilines is 2. The van der Waals surface area contributed by atoms with Gasteiger partial charge in [0.15, 0.2) is 5.13 Å². The maximum atomic E-state index is 5.94. The Morgan fingerprint density at radius 2 is 1.95 bits per heavy atom. The topological polar surface area (TPSA) is 34.1 Å². The fraction of sp³-hybridized carbons (Fsp3) is 0.400. The highest BCUT2D eigenvalue weighted by atomic mass is 32.1. The van der Waals surface area contributed by atoms with Gasteiger partial charge in [-0.05, 0) is 56.9 Å². The molecule has 1 aliphatic carbocycles. The standard InChI is InChI=1S/C15H18N2OS/c1-11-10-19-15(16-11)17-12-6-8-14(9-7-12)18-13-4-2-3-5-13/h6-10,13H,2-5H2,1H3,(H,16,17). The van der Waals surface area contributed by atoms with E-state index in [4.69, 9.17) is 4.74 Å². The van der Waals surface area contributed by atoms with Crippen LogP contribution in [0.25, 0.3) is 0 Å². The molecule has 0 radical (unpaired) electrons. The highest BCUT2D eigenvalue weighted by Gasteiger charge is 2.16. The molecule has 0 saturated heterocycles. The Labute approximate surface area is 117 Å². The maximum absolute atomic E-state index is 5.94. The minimum Gasteiger partial charge on any atom is -0.490 e. The Hall–Kier alpha value is -1.55. The summed E-state index contributed by atoms with van der Waals surface area (Å²) in [6, 6.07) is 8.14. The molecule has 0 amide bonds. The number of nitrogens with zero attached hydrogens (tertiary/aromatic N) is 1. The van der Waals surface area contributed by atoms with Crippen LogP contribution in [0.1, 0.15) is 31.4 Å². The fourth-order valence-electron chi connectivity index (χ4n) is 2.35. The van der Waals surface area contributed by atoms with E-state index < -0.39 is 0 Å². The molecule has 1 heterocycles. The third kappa shape index (κ3) is 3.26. The van der Waals surface area contributed by atoms with Gasteiger partial charge in [0, 0.05) is 11.1 Å². The number of hydrogen-bond donors (Lipinski definition) is 1. The molecule has 0 spiro atoms. The number of aromatic nitrogens is 1. The predicted molar refractivity (Wildman–Crippen MR) is 79.5 cm³/mol. The molecule has 1 N–H and O–H groups in total. The monoisotopic (exact) mass is 274 g/mol. The lowest BCUT2D eigenvalue weighted by Gasteiger charge is -2.13. The predicted octanol–water partition coefficient (Wildman–Crippen LogP) is 4.52. The van der Waals surface area contributed by atoms with Crippen LogP contribution in [0.2, 0.25) is 0 Å². The van der Waals surface area contributed by atoms with Gasteiger partial charge in [0.2, 0.25) is 0 Å². The van der Waals surface area contributed by atoms with E-state index >= 15 is 0 Å². The molecular weight excluding hydrogens is 256 g/mol. The van der Waals surface area contributed by atoms with Crippen LogP contribution >= 0.6 is 11.3 Å². The zero-order valence-corrected chi connectivity index (χ0v) is 11.9. The molecule has 1 saturated carbocycles. The molecule has 2 aromatic rings. The summed E-state index contributed by atoms with van der Waals surface area (Å²) in [5.74, 6) is 0.966. The van der Waals surface area contributed by atoms with Gasteiger partial charge in [-0.2, -0.15) is 0 Å². The van der Waals surface area contributed by atoms with E-state index in [-0.39, 0.29) is 0 Å². The van der Waals surface area contributed by atoms with E-state index in [0.717, 1.165) is 22.3 Å². The minimum absolute atomic E-state index is 0.417. The SMILES string of the molecule is Cc1csc(Nc2ccc(OC3CCCC3)cc2)n1. The van der Waals surface area contributed by atoms with Crippen molar-refractivity contribution in [2.24, 2.45) is 0 Å². The first kappa shape index (κ1) is 12.5. The van der Waals surface area contributed by atoms with Crippen molar-refractivity contribution in [3.63, 3.8) is 0 Å². The van der Waals surface area contributed by atoms with Crippen molar-refractivity contribution in [3.05, 3.63) is 35.3 Å². The summed E-state index contributed by atoms with van der Waals surface area (Å²) in [6.07, 6.45) is 5.40. The Kier molecular flexibility index (Phi) is 3.69. The number of thiazole rings is 1. The van der Waals surface area contributed by atoms with Gasteiger partial charge in [-0.25, -0.2) is 4.98 Å². The second-order valence-corrected chi connectivity index (χ2v) is 5.83. The summed E-state index contributed by atoms with van der Waals surface area (Å²) in [5, 5.41) is 6.27. The van der Waals surface area contributed by atoms with E-state index in [1.165, 1.54) is 25.7 Å². The number of aryl methyl sites for hydroxylation is 1. The summed E-state index contributed by atoms with van der Waals surface area (Å²) in [7, 11) is 0. The van der Waals surface area contributed by atoms with Gasteiger partial charge in [0.05, 0.1) is 11.8 Å². The van der Waals surface area contributed by atoms with Gasteiger partial charge >= 0.3 is 0 Å². The van der Waals surface area contributed by atoms with Gasteiger partial charge < -0.3 is 10.1 Å². The molecular formula is C15H18N2OS. The molecule has 100 valence electrons. The number of hydrogen-bond acceptors (Lipinski definition) is 4. The number of benzene rings is 1. The lowest BCUT2D eigenvalue weighted by molar-refractivity contribution is 0.210. The molecule has 19 heavy (non-hydrogen) atoms. The van der Waals surface area contributed by atoms with Crippen molar-refractivity contribution in [3.8, 4) is 5.75 Å². The molecule has 4 heteroatoms. The second-order valence-electron chi connectivity index (χ2n) is 4.97. The summed E-state index contributed by atoms with van der Waals surface area (Å²) >= 11 is 1.62. The van der Waals surface area contributed by atoms with E-state index in [0.29, 0.717) is 6.10 Å². The third-order valence-electron chi connectivity index (χ3n) is 3.33. The van der Waals surface area contributed by atoms with E-state index in [1.54, 1.807) is 11.3 Å². The van der Waals surface area contributed by atoms with Crippen molar-refractivity contribution in [1.82, 2.24) is 4.98 Å². The lowest BCUT2D eigenvalue weighted by atomic mass is 10.3.